The van der Waals surface area contributed by atoms with Gasteiger partial charge in [0.25, 0.3) is 0 Å². The van der Waals surface area contributed by atoms with Crippen LogP contribution in [0.25, 0.3) is 0 Å². The van der Waals surface area contributed by atoms with Crippen molar-refractivity contribution in [3.05, 3.63) is 24.2 Å². The minimum Gasteiger partial charge on any atom is -0.469 e. The molecule has 1 saturated heterocycles. The van der Waals surface area contributed by atoms with E-state index < -0.39 is 0 Å². The maximum atomic E-state index is 5.34. The van der Waals surface area contributed by atoms with E-state index >= 15 is 0 Å². The molecule has 0 radical (unpaired) electrons. The van der Waals surface area contributed by atoms with Crippen LogP contribution in [0.4, 0.5) is 0 Å². The highest BCUT2D eigenvalue weighted by Gasteiger charge is 2.15. The van der Waals surface area contributed by atoms with E-state index in [-0.39, 0.29) is 0 Å². The fourth-order valence-corrected chi connectivity index (χ4v) is 2.89. The Morgan fingerprint density at radius 2 is 2.36 bits per heavy atom. The lowest BCUT2D eigenvalue weighted by Gasteiger charge is -2.30. The number of hydrogen-bond donors (Lipinski definition) is 2. The van der Waals surface area contributed by atoms with Crippen molar-refractivity contribution < 1.29 is 4.42 Å². The average molecular weight is 306 g/mol. The topological polar surface area (TPSA) is 52.8 Å². The van der Waals surface area contributed by atoms with Crippen LogP contribution in [0, 0.1) is 5.92 Å². The number of aliphatic imine (C=N–C) groups is 1. The Morgan fingerprint density at radius 3 is 3.09 bits per heavy atom. The molecule has 5 nitrogen and oxygen atoms in total. The normalized spacial score (nSPS) is 20.1. The van der Waals surface area contributed by atoms with E-state index in [0.29, 0.717) is 0 Å². The van der Waals surface area contributed by atoms with Crippen LogP contribution in [0.5, 0.6) is 0 Å². The molecule has 0 saturated carbocycles. The zero-order valence-corrected chi connectivity index (χ0v) is 14.0. The summed E-state index contributed by atoms with van der Waals surface area (Å²) in [7, 11) is 0. The number of likely N-dealkylation sites (tertiary alicyclic amines) is 1. The van der Waals surface area contributed by atoms with Crippen LogP contribution in [-0.2, 0) is 6.42 Å². The molecule has 124 valence electrons. The second-order valence-corrected chi connectivity index (χ2v) is 6.06. The van der Waals surface area contributed by atoms with Crippen LogP contribution in [0.2, 0.25) is 0 Å². The molecular weight excluding hydrogens is 276 g/mol. The van der Waals surface area contributed by atoms with E-state index in [9.17, 15) is 0 Å². The van der Waals surface area contributed by atoms with Gasteiger partial charge in [-0.1, -0.05) is 6.92 Å². The van der Waals surface area contributed by atoms with Crippen molar-refractivity contribution in [1.82, 2.24) is 15.5 Å². The van der Waals surface area contributed by atoms with Gasteiger partial charge in [-0.2, -0.15) is 0 Å². The van der Waals surface area contributed by atoms with Gasteiger partial charge >= 0.3 is 0 Å². The van der Waals surface area contributed by atoms with Gasteiger partial charge in [0.1, 0.15) is 5.76 Å². The summed E-state index contributed by atoms with van der Waals surface area (Å²) in [5.74, 6) is 2.74. The van der Waals surface area contributed by atoms with Crippen LogP contribution in [0.1, 0.15) is 32.4 Å². The molecule has 0 spiro atoms. The van der Waals surface area contributed by atoms with E-state index in [0.717, 1.165) is 50.2 Å². The lowest BCUT2D eigenvalue weighted by atomic mass is 10.0. The number of piperidine rings is 1. The number of rotatable bonds is 7. The molecule has 1 aromatic rings. The van der Waals surface area contributed by atoms with Crippen LogP contribution in [0.15, 0.2) is 27.8 Å². The van der Waals surface area contributed by atoms with Crippen molar-refractivity contribution >= 4 is 5.96 Å². The van der Waals surface area contributed by atoms with Gasteiger partial charge < -0.3 is 20.0 Å². The van der Waals surface area contributed by atoms with Crippen molar-refractivity contribution in [2.24, 2.45) is 10.9 Å². The first-order valence-electron chi connectivity index (χ1n) is 8.55. The van der Waals surface area contributed by atoms with Crippen LogP contribution in [-0.4, -0.2) is 50.1 Å². The second-order valence-electron chi connectivity index (χ2n) is 6.06. The highest BCUT2D eigenvalue weighted by atomic mass is 16.3. The SMILES string of the molecule is CCNC(=NCCN1CCCC(C)C1)NCCc1ccco1. The lowest BCUT2D eigenvalue weighted by molar-refractivity contribution is 0.189. The number of hydrogen-bond acceptors (Lipinski definition) is 3. The Hall–Kier alpha value is -1.49. The summed E-state index contributed by atoms with van der Waals surface area (Å²) in [6.45, 7) is 10.5. The van der Waals surface area contributed by atoms with Gasteiger partial charge in [-0.3, -0.25) is 4.99 Å². The second kappa shape index (κ2) is 9.51. The first-order valence-corrected chi connectivity index (χ1v) is 8.55. The minimum absolute atomic E-state index is 0.831. The Kier molecular flexibility index (Phi) is 7.30. The predicted octanol–water partition coefficient (Wildman–Crippen LogP) is 2.11. The van der Waals surface area contributed by atoms with E-state index in [1.54, 1.807) is 6.26 Å². The van der Waals surface area contributed by atoms with Crippen molar-refractivity contribution in [1.29, 1.82) is 0 Å². The van der Waals surface area contributed by atoms with E-state index in [4.69, 9.17) is 4.42 Å². The Bertz CT molecular complexity index is 430. The minimum atomic E-state index is 0.831. The van der Waals surface area contributed by atoms with Crippen LogP contribution in [0.3, 0.4) is 0 Å². The highest BCUT2D eigenvalue weighted by molar-refractivity contribution is 5.79. The van der Waals surface area contributed by atoms with Gasteiger partial charge in [-0.15, -0.1) is 0 Å². The fourth-order valence-electron chi connectivity index (χ4n) is 2.89. The molecule has 0 aliphatic carbocycles. The monoisotopic (exact) mass is 306 g/mol. The van der Waals surface area contributed by atoms with Crippen molar-refractivity contribution in [3.63, 3.8) is 0 Å². The largest absolute Gasteiger partial charge is 0.469 e. The van der Waals surface area contributed by atoms with Gasteiger partial charge in [0.05, 0.1) is 12.8 Å². The molecule has 1 fully saturated rings. The highest BCUT2D eigenvalue weighted by Crippen LogP contribution is 2.14. The molecule has 1 aromatic heterocycles. The average Bonchev–Trinajstić information content (AvgIpc) is 3.01. The van der Waals surface area contributed by atoms with Gasteiger partial charge in [0.2, 0.25) is 0 Å². The summed E-state index contributed by atoms with van der Waals surface area (Å²) in [6, 6.07) is 3.93. The molecule has 0 bridgehead atoms. The zero-order valence-electron chi connectivity index (χ0n) is 14.0. The van der Waals surface area contributed by atoms with Gasteiger partial charge in [-0.25, -0.2) is 0 Å². The third-order valence-electron chi connectivity index (χ3n) is 4.02. The van der Waals surface area contributed by atoms with Crippen LogP contribution < -0.4 is 10.6 Å². The fraction of sp³-hybridized carbons (Fsp3) is 0.706. The number of furan rings is 1. The molecule has 0 amide bonds. The molecule has 22 heavy (non-hydrogen) atoms. The molecule has 1 atom stereocenters. The molecular formula is C17H30N4O. The van der Waals surface area contributed by atoms with Gasteiger partial charge in [0, 0.05) is 32.6 Å². The molecule has 5 heteroatoms. The summed E-state index contributed by atoms with van der Waals surface area (Å²) < 4.78 is 5.34. The molecule has 2 rings (SSSR count). The molecule has 0 aromatic carbocycles. The quantitative estimate of drug-likeness (QED) is 0.598. The first kappa shape index (κ1) is 16.9. The van der Waals surface area contributed by atoms with Crippen molar-refractivity contribution in [3.8, 4) is 0 Å². The third-order valence-corrected chi connectivity index (χ3v) is 4.02. The van der Waals surface area contributed by atoms with E-state index in [1.165, 1.54) is 25.9 Å². The standard InChI is InChI=1S/C17H30N4O/c1-3-18-17(19-9-8-16-7-5-13-22-16)20-10-12-21-11-4-6-15(2)14-21/h5,7,13,15H,3-4,6,8-12,14H2,1-2H3,(H2,18,19,20). The number of nitrogens with one attached hydrogen (secondary N) is 2. The third kappa shape index (κ3) is 6.10. The molecule has 1 aliphatic rings. The van der Waals surface area contributed by atoms with Gasteiger partial charge in [0.15, 0.2) is 5.96 Å². The van der Waals surface area contributed by atoms with Crippen molar-refractivity contribution in [2.75, 3.05) is 39.3 Å². The summed E-state index contributed by atoms with van der Waals surface area (Å²) in [6.07, 6.45) is 5.29. The molecule has 1 aliphatic heterocycles. The van der Waals surface area contributed by atoms with Gasteiger partial charge in [-0.05, 0) is 44.4 Å². The Labute approximate surface area is 134 Å². The summed E-state index contributed by atoms with van der Waals surface area (Å²) in [5, 5.41) is 6.66. The maximum Gasteiger partial charge on any atom is 0.191 e. The summed E-state index contributed by atoms with van der Waals surface area (Å²) >= 11 is 0. The Morgan fingerprint density at radius 1 is 1.45 bits per heavy atom. The van der Waals surface area contributed by atoms with Crippen molar-refractivity contribution in [2.45, 2.75) is 33.1 Å². The van der Waals surface area contributed by atoms with E-state index in [1.807, 2.05) is 12.1 Å². The maximum absolute atomic E-state index is 5.34. The predicted molar refractivity (Wildman–Crippen MR) is 91.2 cm³/mol. The zero-order chi connectivity index (χ0) is 15.6. The van der Waals surface area contributed by atoms with E-state index in [2.05, 4.69) is 34.4 Å². The summed E-state index contributed by atoms with van der Waals surface area (Å²) in [4.78, 5) is 7.21. The lowest BCUT2D eigenvalue weighted by Crippen LogP contribution is -2.40. The molecule has 2 N–H and O–H groups in total. The number of guanidine groups is 1. The first-order chi connectivity index (χ1) is 10.8. The number of nitrogens with zero attached hydrogens (tertiary/aromatic N) is 2. The van der Waals surface area contributed by atoms with Crippen LogP contribution >= 0.6 is 0 Å². The smallest absolute Gasteiger partial charge is 0.191 e. The molecule has 2 heterocycles. The molecule has 1 unspecified atom stereocenters. The summed E-state index contributed by atoms with van der Waals surface area (Å²) in [5.41, 5.74) is 0. The Balaban J connectivity index is 1.69.